The van der Waals surface area contributed by atoms with E-state index in [-0.39, 0.29) is 24.3 Å². The molecule has 4 nitrogen and oxygen atoms in total. The normalized spacial score (nSPS) is 20.1. The standard InChI is InChI=1S/C14H18INO3/c15-10-5-6-13(18)12(8-10)14(19)16-7-3-1-2-4-11(16)9-17/h5-6,8,11,17-18H,1-4,7,9H2. The van der Waals surface area contributed by atoms with E-state index >= 15 is 0 Å². The number of phenolic OH excluding ortho intramolecular Hbond substituents is 1. The second kappa shape index (κ2) is 6.56. The molecular weight excluding hydrogens is 357 g/mol. The first kappa shape index (κ1) is 14.6. The number of benzene rings is 1. The minimum atomic E-state index is -0.183. The van der Waals surface area contributed by atoms with E-state index in [1.54, 1.807) is 23.1 Å². The summed E-state index contributed by atoms with van der Waals surface area (Å²) in [6.45, 7) is 0.630. The fourth-order valence-corrected chi connectivity index (χ4v) is 2.96. The van der Waals surface area contributed by atoms with Crippen molar-refractivity contribution < 1.29 is 15.0 Å². The molecule has 0 radical (unpaired) electrons. The molecule has 1 atom stereocenters. The molecule has 1 aromatic carbocycles. The molecule has 0 spiro atoms. The highest BCUT2D eigenvalue weighted by Crippen LogP contribution is 2.25. The number of rotatable bonds is 2. The van der Waals surface area contributed by atoms with Crippen molar-refractivity contribution in [3.05, 3.63) is 27.3 Å². The minimum Gasteiger partial charge on any atom is -0.507 e. The number of halogens is 1. The zero-order chi connectivity index (χ0) is 13.8. The number of aliphatic hydroxyl groups is 1. The van der Waals surface area contributed by atoms with E-state index < -0.39 is 0 Å². The first-order valence-electron chi connectivity index (χ1n) is 6.54. The molecule has 0 bridgehead atoms. The molecule has 1 aromatic rings. The van der Waals surface area contributed by atoms with E-state index in [2.05, 4.69) is 22.6 Å². The van der Waals surface area contributed by atoms with Crippen molar-refractivity contribution in [2.75, 3.05) is 13.2 Å². The summed E-state index contributed by atoms with van der Waals surface area (Å²) in [5.74, 6) is -0.177. The molecular formula is C14H18INO3. The molecule has 5 heteroatoms. The lowest BCUT2D eigenvalue weighted by molar-refractivity contribution is 0.0597. The third kappa shape index (κ3) is 3.39. The van der Waals surface area contributed by atoms with E-state index in [9.17, 15) is 15.0 Å². The number of nitrogens with zero attached hydrogens (tertiary/aromatic N) is 1. The summed E-state index contributed by atoms with van der Waals surface area (Å²) in [6.07, 6.45) is 3.89. The Morgan fingerprint density at radius 1 is 1.37 bits per heavy atom. The predicted molar refractivity (Wildman–Crippen MR) is 81.2 cm³/mol. The molecule has 1 amide bonds. The van der Waals surface area contributed by atoms with Crippen LogP contribution < -0.4 is 0 Å². The third-order valence-corrected chi connectivity index (χ3v) is 4.21. The van der Waals surface area contributed by atoms with Crippen LogP contribution in [0.4, 0.5) is 0 Å². The molecule has 1 aliphatic rings. The molecule has 1 unspecified atom stereocenters. The highest BCUT2D eigenvalue weighted by molar-refractivity contribution is 14.1. The van der Waals surface area contributed by atoms with Crippen molar-refractivity contribution in [1.29, 1.82) is 0 Å². The van der Waals surface area contributed by atoms with Crippen LogP contribution in [0, 0.1) is 3.57 Å². The number of carbonyl (C=O) groups excluding carboxylic acids is 1. The summed E-state index contributed by atoms with van der Waals surface area (Å²) in [4.78, 5) is 14.3. The Morgan fingerprint density at radius 3 is 2.89 bits per heavy atom. The maximum atomic E-state index is 12.5. The summed E-state index contributed by atoms with van der Waals surface area (Å²) in [7, 11) is 0. The Bertz CT molecular complexity index is 464. The van der Waals surface area contributed by atoms with E-state index in [0.29, 0.717) is 12.1 Å². The second-order valence-electron chi connectivity index (χ2n) is 4.85. The Morgan fingerprint density at radius 2 is 2.16 bits per heavy atom. The Labute approximate surface area is 126 Å². The van der Waals surface area contributed by atoms with E-state index in [0.717, 1.165) is 29.3 Å². The molecule has 0 aliphatic carbocycles. The monoisotopic (exact) mass is 375 g/mol. The lowest BCUT2D eigenvalue weighted by Crippen LogP contribution is -2.42. The maximum Gasteiger partial charge on any atom is 0.257 e. The van der Waals surface area contributed by atoms with Crippen molar-refractivity contribution >= 4 is 28.5 Å². The number of hydrogen-bond acceptors (Lipinski definition) is 3. The average molecular weight is 375 g/mol. The highest BCUT2D eigenvalue weighted by Gasteiger charge is 2.27. The molecule has 104 valence electrons. The molecule has 1 saturated heterocycles. The van der Waals surface area contributed by atoms with Crippen LogP contribution in [-0.4, -0.2) is 40.2 Å². The zero-order valence-corrected chi connectivity index (χ0v) is 12.8. The van der Waals surface area contributed by atoms with E-state index in [1.807, 2.05) is 0 Å². The summed E-state index contributed by atoms with van der Waals surface area (Å²) in [6, 6.07) is 4.86. The fraction of sp³-hybridized carbons (Fsp3) is 0.500. The second-order valence-corrected chi connectivity index (χ2v) is 6.09. The van der Waals surface area contributed by atoms with Crippen LogP contribution in [0.3, 0.4) is 0 Å². The molecule has 0 aromatic heterocycles. The van der Waals surface area contributed by atoms with Gasteiger partial charge in [-0.15, -0.1) is 0 Å². The molecule has 2 rings (SSSR count). The van der Waals surface area contributed by atoms with Gasteiger partial charge in [-0.05, 0) is 53.6 Å². The van der Waals surface area contributed by atoms with E-state index in [1.165, 1.54) is 0 Å². The van der Waals surface area contributed by atoms with Gasteiger partial charge in [0.05, 0.1) is 18.2 Å². The SMILES string of the molecule is O=C(c1cc(I)ccc1O)N1CCCCCC1CO. The lowest BCUT2D eigenvalue weighted by Gasteiger charge is -2.29. The Kier molecular flexibility index (Phi) is 5.04. The average Bonchev–Trinajstić information content (AvgIpc) is 2.65. The molecule has 1 aliphatic heterocycles. The number of hydrogen-bond donors (Lipinski definition) is 2. The highest BCUT2D eigenvalue weighted by atomic mass is 127. The smallest absolute Gasteiger partial charge is 0.257 e. The number of amides is 1. The maximum absolute atomic E-state index is 12.5. The summed E-state index contributed by atoms with van der Waals surface area (Å²) < 4.78 is 0.911. The van der Waals surface area contributed by atoms with Crippen molar-refractivity contribution in [2.45, 2.75) is 31.7 Å². The first-order valence-corrected chi connectivity index (χ1v) is 7.61. The van der Waals surface area contributed by atoms with Gasteiger partial charge in [0.1, 0.15) is 5.75 Å². The Balaban J connectivity index is 2.27. The van der Waals surface area contributed by atoms with Crippen LogP contribution in [0.5, 0.6) is 5.75 Å². The predicted octanol–water partition coefficient (Wildman–Crippen LogP) is 2.37. The van der Waals surface area contributed by atoms with Crippen LogP contribution in [0.1, 0.15) is 36.0 Å². The van der Waals surface area contributed by atoms with Crippen LogP contribution in [-0.2, 0) is 0 Å². The summed E-state index contributed by atoms with van der Waals surface area (Å²) in [5, 5.41) is 19.3. The Hall–Kier alpha value is -0.820. The van der Waals surface area contributed by atoms with Gasteiger partial charge in [-0.3, -0.25) is 4.79 Å². The van der Waals surface area contributed by atoms with Gasteiger partial charge in [0.25, 0.3) is 5.91 Å². The van der Waals surface area contributed by atoms with Crippen molar-refractivity contribution in [1.82, 2.24) is 4.90 Å². The van der Waals surface area contributed by atoms with Gasteiger partial charge < -0.3 is 15.1 Å². The summed E-state index contributed by atoms with van der Waals surface area (Å²) >= 11 is 2.12. The van der Waals surface area contributed by atoms with Gasteiger partial charge in [-0.25, -0.2) is 0 Å². The fourth-order valence-electron chi connectivity index (χ4n) is 2.47. The zero-order valence-electron chi connectivity index (χ0n) is 10.7. The number of aliphatic hydroxyl groups excluding tert-OH is 1. The molecule has 2 N–H and O–H groups in total. The quantitative estimate of drug-likeness (QED) is 0.781. The molecule has 19 heavy (non-hydrogen) atoms. The van der Waals surface area contributed by atoms with Gasteiger partial charge in [0.2, 0.25) is 0 Å². The number of phenols is 1. The van der Waals surface area contributed by atoms with Gasteiger partial charge in [0, 0.05) is 10.1 Å². The summed E-state index contributed by atoms with van der Waals surface area (Å²) in [5.41, 5.74) is 0.326. The van der Waals surface area contributed by atoms with Gasteiger partial charge in [-0.2, -0.15) is 0 Å². The van der Waals surface area contributed by atoms with Crippen molar-refractivity contribution in [3.8, 4) is 5.75 Å². The largest absolute Gasteiger partial charge is 0.507 e. The van der Waals surface area contributed by atoms with Gasteiger partial charge in [-0.1, -0.05) is 12.8 Å². The minimum absolute atomic E-state index is 0.00588. The third-order valence-electron chi connectivity index (χ3n) is 3.54. The number of carbonyl (C=O) groups is 1. The van der Waals surface area contributed by atoms with Crippen LogP contribution in [0.25, 0.3) is 0 Å². The number of aromatic hydroxyl groups is 1. The van der Waals surface area contributed by atoms with Gasteiger partial charge >= 0.3 is 0 Å². The van der Waals surface area contributed by atoms with Gasteiger partial charge in [0.15, 0.2) is 0 Å². The van der Waals surface area contributed by atoms with Crippen LogP contribution >= 0.6 is 22.6 Å². The lowest BCUT2D eigenvalue weighted by atomic mass is 10.1. The van der Waals surface area contributed by atoms with Crippen molar-refractivity contribution in [3.63, 3.8) is 0 Å². The van der Waals surface area contributed by atoms with Crippen molar-refractivity contribution in [2.24, 2.45) is 0 Å². The van der Waals surface area contributed by atoms with Crippen LogP contribution in [0.15, 0.2) is 18.2 Å². The van der Waals surface area contributed by atoms with E-state index in [4.69, 9.17) is 0 Å². The van der Waals surface area contributed by atoms with Crippen LogP contribution in [0.2, 0.25) is 0 Å². The topological polar surface area (TPSA) is 60.8 Å². The molecule has 0 saturated carbocycles. The molecule has 1 heterocycles. The first-order chi connectivity index (χ1) is 9.13. The molecule has 1 fully saturated rings. The number of likely N-dealkylation sites (tertiary alicyclic amines) is 1.